The van der Waals surface area contributed by atoms with Crippen molar-refractivity contribution >= 4 is 17.9 Å². The van der Waals surface area contributed by atoms with E-state index in [1.54, 1.807) is 0 Å². The molecule has 0 saturated heterocycles. The van der Waals surface area contributed by atoms with Crippen molar-refractivity contribution in [2.75, 3.05) is 0 Å². The Morgan fingerprint density at radius 2 is 1.75 bits per heavy atom. The summed E-state index contributed by atoms with van der Waals surface area (Å²) in [5, 5.41) is 8.68. The Balaban J connectivity index is 3.86. The maximum absolute atomic E-state index is 11.0. The van der Waals surface area contributed by atoms with Gasteiger partial charge in [-0.25, -0.2) is 4.79 Å². The molecule has 0 radical (unpaired) electrons. The molecule has 0 amide bonds. The standard InChI is InChI=1S/C10H14O6/c1-6(2)10(14)16-9(13)5-4-8(12)15-7(3)11/h7,11H,1,4-5H2,2-3H3. The van der Waals surface area contributed by atoms with Crippen LogP contribution in [0.15, 0.2) is 12.2 Å². The van der Waals surface area contributed by atoms with Crippen LogP contribution in [0.4, 0.5) is 0 Å². The van der Waals surface area contributed by atoms with E-state index >= 15 is 0 Å². The molecule has 0 bridgehead atoms. The lowest BCUT2D eigenvalue weighted by molar-refractivity contribution is -0.168. The third-order valence-electron chi connectivity index (χ3n) is 1.39. The van der Waals surface area contributed by atoms with Gasteiger partial charge in [0.05, 0.1) is 12.8 Å². The third kappa shape index (κ3) is 6.72. The molecule has 1 unspecified atom stereocenters. The number of aliphatic hydroxyl groups excluding tert-OH is 1. The van der Waals surface area contributed by atoms with Crippen LogP contribution in [0.25, 0.3) is 0 Å². The number of esters is 3. The minimum absolute atomic E-state index is 0.0971. The maximum atomic E-state index is 11.0. The van der Waals surface area contributed by atoms with Crippen LogP contribution >= 0.6 is 0 Å². The first kappa shape index (κ1) is 14.3. The fraction of sp³-hybridized carbons (Fsp3) is 0.500. The summed E-state index contributed by atoms with van der Waals surface area (Å²) in [5.74, 6) is -2.40. The van der Waals surface area contributed by atoms with Crippen molar-refractivity contribution < 1.29 is 29.0 Å². The monoisotopic (exact) mass is 230 g/mol. The lowest BCUT2D eigenvalue weighted by Gasteiger charge is -2.06. The number of aliphatic hydroxyl groups is 1. The molecule has 0 fully saturated rings. The van der Waals surface area contributed by atoms with Crippen molar-refractivity contribution in [3.05, 3.63) is 12.2 Å². The molecule has 0 spiro atoms. The zero-order valence-corrected chi connectivity index (χ0v) is 9.19. The zero-order chi connectivity index (χ0) is 12.7. The van der Waals surface area contributed by atoms with Gasteiger partial charge in [0.1, 0.15) is 0 Å². The molecule has 90 valence electrons. The molecule has 0 aliphatic carbocycles. The van der Waals surface area contributed by atoms with Gasteiger partial charge in [-0.15, -0.1) is 0 Å². The second-order valence-corrected chi connectivity index (χ2v) is 3.13. The van der Waals surface area contributed by atoms with Gasteiger partial charge in [0.2, 0.25) is 0 Å². The van der Waals surface area contributed by atoms with Crippen molar-refractivity contribution in [2.24, 2.45) is 0 Å². The van der Waals surface area contributed by atoms with Crippen molar-refractivity contribution in [2.45, 2.75) is 33.0 Å². The molecule has 6 nitrogen and oxygen atoms in total. The first-order chi connectivity index (χ1) is 7.32. The minimum Gasteiger partial charge on any atom is -0.436 e. The van der Waals surface area contributed by atoms with Gasteiger partial charge in [0, 0.05) is 5.57 Å². The highest BCUT2D eigenvalue weighted by atomic mass is 16.6. The van der Waals surface area contributed by atoms with E-state index in [1.807, 2.05) is 0 Å². The number of rotatable bonds is 5. The number of hydrogen-bond donors (Lipinski definition) is 1. The van der Waals surface area contributed by atoms with Gasteiger partial charge in [0.25, 0.3) is 0 Å². The van der Waals surface area contributed by atoms with E-state index < -0.39 is 24.2 Å². The second-order valence-electron chi connectivity index (χ2n) is 3.13. The maximum Gasteiger partial charge on any atom is 0.340 e. The van der Waals surface area contributed by atoms with E-state index in [9.17, 15) is 14.4 Å². The second kappa shape index (κ2) is 6.73. The fourth-order valence-corrected chi connectivity index (χ4v) is 0.695. The third-order valence-corrected chi connectivity index (χ3v) is 1.39. The van der Waals surface area contributed by atoms with Crippen LogP contribution in [-0.4, -0.2) is 29.3 Å². The molecule has 0 aromatic carbocycles. The molecule has 1 N–H and O–H groups in total. The Bertz CT molecular complexity index is 304. The normalized spacial score (nSPS) is 11.4. The molecule has 0 rings (SSSR count). The zero-order valence-electron chi connectivity index (χ0n) is 9.19. The van der Waals surface area contributed by atoms with E-state index in [0.717, 1.165) is 0 Å². The summed E-state index contributed by atoms with van der Waals surface area (Å²) in [4.78, 5) is 32.8. The Kier molecular flexibility index (Phi) is 6.02. The molecule has 0 heterocycles. The Labute approximate surface area is 92.8 Å². The average Bonchev–Trinajstić information content (AvgIpc) is 2.13. The van der Waals surface area contributed by atoms with Gasteiger partial charge in [-0.3, -0.25) is 9.59 Å². The van der Waals surface area contributed by atoms with Crippen molar-refractivity contribution in [3.8, 4) is 0 Å². The summed E-state index contributed by atoms with van der Waals surface area (Å²) < 4.78 is 8.68. The van der Waals surface area contributed by atoms with Gasteiger partial charge in [-0.05, 0) is 13.8 Å². The van der Waals surface area contributed by atoms with E-state index in [1.165, 1.54) is 13.8 Å². The minimum atomic E-state index is -1.22. The van der Waals surface area contributed by atoms with E-state index in [-0.39, 0.29) is 18.4 Å². The number of ether oxygens (including phenoxy) is 2. The smallest absolute Gasteiger partial charge is 0.340 e. The lowest BCUT2D eigenvalue weighted by Crippen LogP contribution is -2.17. The average molecular weight is 230 g/mol. The van der Waals surface area contributed by atoms with Gasteiger partial charge in [-0.2, -0.15) is 0 Å². The summed E-state index contributed by atoms with van der Waals surface area (Å²) in [6.45, 7) is 5.96. The molecule has 0 saturated carbocycles. The van der Waals surface area contributed by atoms with Crippen LogP contribution in [0.5, 0.6) is 0 Å². The first-order valence-corrected chi connectivity index (χ1v) is 4.61. The SMILES string of the molecule is C=C(C)C(=O)OC(=O)CCC(=O)OC(C)O. The van der Waals surface area contributed by atoms with Crippen LogP contribution in [0.2, 0.25) is 0 Å². The molecule has 0 aliphatic rings. The van der Waals surface area contributed by atoms with Crippen molar-refractivity contribution in [1.82, 2.24) is 0 Å². The highest BCUT2D eigenvalue weighted by molar-refractivity contribution is 5.95. The van der Waals surface area contributed by atoms with Gasteiger partial charge >= 0.3 is 17.9 Å². The van der Waals surface area contributed by atoms with Gasteiger partial charge in [0.15, 0.2) is 6.29 Å². The number of carbonyl (C=O) groups excluding carboxylic acids is 3. The molecular weight excluding hydrogens is 216 g/mol. The summed E-state index contributed by atoms with van der Waals surface area (Å²) in [6, 6.07) is 0. The molecule has 1 atom stereocenters. The van der Waals surface area contributed by atoms with Gasteiger partial charge in [-0.1, -0.05) is 6.58 Å². The van der Waals surface area contributed by atoms with E-state index in [2.05, 4.69) is 16.1 Å². The highest BCUT2D eigenvalue weighted by Crippen LogP contribution is 2.00. The quantitative estimate of drug-likeness (QED) is 0.316. The molecule has 6 heteroatoms. The summed E-state index contributed by atoms with van der Waals surface area (Å²) >= 11 is 0. The molecule has 0 aliphatic heterocycles. The van der Waals surface area contributed by atoms with Crippen LogP contribution in [0.3, 0.4) is 0 Å². The topological polar surface area (TPSA) is 89.9 Å². The molecule has 16 heavy (non-hydrogen) atoms. The van der Waals surface area contributed by atoms with Crippen molar-refractivity contribution in [3.63, 3.8) is 0 Å². The Hall–Kier alpha value is -1.69. The molecule has 0 aromatic rings. The summed E-state index contributed by atoms with van der Waals surface area (Å²) in [5.41, 5.74) is 0.0971. The predicted octanol–water partition coefficient (Wildman–Crippen LogP) is 0.294. The first-order valence-electron chi connectivity index (χ1n) is 4.61. The lowest BCUT2D eigenvalue weighted by atomic mass is 10.3. The predicted molar refractivity (Wildman–Crippen MR) is 52.9 cm³/mol. The fourth-order valence-electron chi connectivity index (χ4n) is 0.695. The molecule has 0 aromatic heterocycles. The van der Waals surface area contributed by atoms with Crippen LogP contribution in [-0.2, 0) is 23.9 Å². The van der Waals surface area contributed by atoms with Crippen molar-refractivity contribution in [1.29, 1.82) is 0 Å². The largest absolute Gasteiger partial charge is 0.436 e. The highest BCUT2D eigenvalue weighted by Gasteiger charge is 2.14. The summed E-state index contributed by atoms with van der Waals surface area (Å²) in [6.07, 6.45) is -1.77. The summed E-state index contributed by atoms with van der Waals surface area (Å²) in [7, 11) is 0. The molecular formula is C10H14O6. The van der Waals surface area contributed by atoms with E-state index in [4.69, 9.17) is 5.11 Å². The Morgan fingerprint density at radius 1 is 1.25 bits per heavy atom. The van der Waals surface area contributed by atoms with E-state index in [0.29, 0.717) is 0 Å². The van der Waals surface area contributed by atoms with Gasteiger partial charge < -0.3 is 14.6 Å². The van der Waals surface area contributed by atoms with Crippen LogP contribution in [0, 0.1) is 0 Å². The van der Waals surface area contributed by atoms with Crippen LogP contribution in [0.1, 0.15) is 26.7 Å². The number of carbonyl (C=O) groups is 3. The number of hydrogen-bond acceptors (Lipinski definition) is 6. The Morgan fingerprint density at radius 3 is 2.19 bits per heavy atom. The van der Waals surface area contributed by atoms with Crippen LogP contribution < -0.4 is 0 Å².